The topological polar surface area (TPSA) is 48.4 Å². The maximum Gasteiger partial charge on any atom is 0.312 e. The van der Waals surface area contributed by atoms with Crippen LogP contribution in [0.4, 0.5) is 0 Å². The van der Waals surface area contributed by atoms with Crippen LogP contribution in [0, 0.1) is 5.41 Å². The Labute approximate surface area is 106 Å². The molecule has 0 radical (unpaired) electrons. The van der Waals surface area contributed by atoms with E-state index >= 15 is 0 Å². The van der Waals surface area contributed by atoms with E-state index in [9.17, 15) is 4.79 Å². The average molecular weight is 247 g/mol. The smallest absolute Gasteiger partial charge is 0.312 e. The van der Waals surface area contributed by atoms with Gasteiger partial charge in [-0.05, 0) is 25.0 Å². The number of methoxy groups -OCH3 is 1. The van der Waals surface area contributed by atoms with Gasteiger partial charge in [0, 0.05) is 6.20 Å². The third kappa shape index (κ3) is 1.29. The van der Waals surface area contributed by atoms with Crippen LogP contribution in [0.3, 0.4) is 0 Å². The van der Waals surface area contributed by atoms with Gasteiger partial charge in [-0.15, -0.1) is 0 Å². The zero-order valence-corrected chi connectivity index (χ0v) is 10.5. The van der Waals surface area contributed by atoms with Gasteiger partial charge in [0.25, 0.3) is 0 Å². The lowest BCUT2D eigenvalue weighted by Gasteiger charge is -2.57. The molecular formula is C14H17NO3. The van der Waals surface area contributed by atoms with Gasteiger partial charge >= 0.3 is 5.97 Å². The van der Waals surface area contributed by atoms with Gasteiger partial charge in [-0.1, -0.05) is 12.5 Å². The number of hydrogen-bond donors (Lipinski definition) is 0. The zero-order valence-electron chi connectivity index (χ0n) is 10.5. The van der Waals surface area contributed by atoms with E-state index in [1.165, 1.54) is 7.11 Å². The molecule has 0 spiro atoms. The first kappa shape index (κ1) is 11.7. The number of hydrogen-bond acceptors (Lipinski definition) is 4. The fraction of sp³-hybridized carbons (Fsp3) is 0.571. The molecule has 2 fully saturated rings. The van der Waals surface area contributed by atoms with Crippen molar-refractivity contribution in [3.8, 4) is 0 Å². The summed E-state index contributed by atoms with van der Waals surface area (Å²) in [4.78, 5) is 16.7. The normalized spacial score (nSPS) is 23.6. The summed E-state index contributed by atoms with van der Waals surface area (Å²) in [5, 5.41) is 0. The van der Waals surface area contributed by atoms with Crippen LogP contribution in [0.2, 0.25) is 0 Å². The maximum absolute atomic E-state index is 12.2. The molecule has 96 valence electrons. The zero-order chi connectivity index (χ0) is 12.6. The number of carbonyl (C=O) groups is 1. The summed E-state index contributed by atoms with van der Waals surface area (Å²) in [6.07, 6.45) is 4.60. The van der Waals surface area contributed by atoms with Gasteiger partial charge in [-0.25, -0.2) is 0 Å². The summed E-state index contributed by atoms with van der Waals surface area (Å²) < 4.78 is 10.5. The molecule has 1 saturated heterocycles. The Bertz CT molecular complexity index is 449. The molecule has 4 nitrogen and oxygen atoms in total. The van der Waals surface area contributed by atoms with E-state index in [1.54, 1.807) is 6.20 Å². The Morgan fingerprint density at radius 3 is 2.56 bits per heavy atom. The standard InChI is InChI=1S/C14H17NO3/c1-17-12(16)13(6-4-7-13)14(9-18-10-14)11-5-2-3-8-15-11/h2-3,5,8H,4,6-7,9-10H2,1H3. The Balaban J connectivity index is 2.04. The van der Waals surface area contributed by atoms with E-state index in [-0.39, 0.29) is 11.4 Å². The summed E-state index contributed by atoms with van der Waals surface area (Å²) in [7, 11) is 1.47. The molecule has 3 rings (SSSR count). The minimum Gasteiger partial charge on any atom is -0.469 e. The molecule has 1 aliphatic carbocycles. The minimum atomic E-state index is -0.422. The highest BCUT2D eigenvalue weighted by molar-refractivity contribution is 5.80. The van der Waals surface area contributed by atoms with Crippen molar-refractivity contribution >= 4 is 5.97 Å². The number of pyridine rings is 1. The summed E-state index contributed by atoms with van der Waals surface area (Å²) in [5.41, 5.74) is 0.259. The molecule has 1 saturated carbocycles. The monoisotopic (exact) mass is 247 g/mol. The molecule has 0 amide bonds. The number of esters is 1. The lowest BCUT2D eigenvalue weighted by molar-refractivity contribution is -0.195. The van der Waals surface area contributed by atoms with Crippen molar-refractivity contribution in [2.24, 2.45) is 5.41 Å². The quantitative estimate of drug-likeness (QED) is 0.763. The predicted octanol–water partition coefficient (Wildman–Crippen LogP) is 1.69. The molecule has 4 heteroatoms. The van der Waals surface area contributed by atoms with Crippen molar-refractivity contribution in [1.29, 1.82) is 0 Å². The first-order chi connectivity index (χ1) is 8.75. The van der Waals surface area contributed by atoms with Gasteiger partial charge in [0.2, 0.25) is 0 Å². The van der Waals surface area contributed by atoms with Crippen LogP contribution in [0.5, 0.6) is 0 Å². The summed E-state index contributed by atoms with van der Waals surface area (Å²) in [6.45, 7) is 1.14. The van der Waals surface area contributed by atoms with Gasteiger partial charge in [0.05, 0.1) is 36.8 Å². The molecule has 18 heavy (non-hydrogen) atoms. The lowest BCUT2D eigenvalue weighted by atomic mass is 9.50. The van der Waals surface area contributed by atoms with Gasteiger partial charge in [0.15, 0.2) is 0 Å². The second-order valence-corrected chi connectivity index (χ2v) is 5.22. The SMILES string of the molecule is COC(=O)C1(C2(c3ccccn3)COC2)CCC1. The Morgan fingerprint density at radius 2 is 2.17 bits per heavy atom. The maximum atomic E-state index is 12.2. The number of rotatable bonds is 3. The lowest BCUT2D eigenvalue weighted by Crippen LogP contribution is -2.65. The highest BCUT2D eigenvalue weighted by Gasteiger charge is 2.65. The van der Waals surface area contributed by atoms with E-state index in [0.29, 0.717) is 13.2 Å². The minimum absolute atomic E-state index is 0.109. The molecule has 2 aliphatic rings. The number of aromatic nitrogens is 1. The van der Waals surface area contributed by atoms with Crippen LogP contribution in [-0.4, -0.2) is 31.3 Å². The summed E-state index contributed by atoms with van der Waals surface area (Å²) >= 11 is 0. The predicted molar refractivity (Wildman–Crippen MR) is 65.0 cm³/mol. The summed E-state index contributed by atoms with van der Waals surface area (Å²) in [6, 6.07) is 5.85. The average Bonchev–Trinajstić information content (AvgIpc) is 2.31. The van der Waals surface area contributed by atoms with Crippen molar-refractivity contribution in [2.45, 2.75) is 24.7 Å². The van der Waals surface area contributed by atoms with Crippen molar-refractivity contribution in [2.75, 3.05) is 20.3 Å². The number of nitrogens with zero attached hydrogens (tertiary/aromatic N) is 1. The van der Waals surface area contributed by atoms with E-state index in [0.717, 1.165) is 25.0 Å². The van der Waals surface area contributed by atoms with Crippen molar-refractivity contribution in [3.63, 3.8) is 0 Å². The van der Waals surface area contributed by atoms with Gasteiger partial charge < -0.3 is 9.47 Å². The first-order valence-electron chi connectivity index (χ1n) is 6.33. The van der Waals surface area contributed by atoms with Crippen molar-refractivity contribution < 1.29 is 14.3 Å². The molecule has 1 aromatic heterocycles. The largest absolute Gasteiger partial charge is 0.469 e. The Kier molecular flexibility index (Phi) is 2.63. The van der Waals surface area contributed by atoms with Crippen LogP contribution in [0.25, 0.3) is 0 Å². The van der Waals surface area contributed by atoms with E-state index in [2.05, 4.69) is 4.98 Å². The molecule has 1 aromatic rings. The van der Waals surface area contributed by atoms with Crippen molar-refractivity contribution in [3.05, 3.63) is 30.1 Å². The van der Waals surface area contributed by atoms with E-state index in [4.69, 9.17) is 9.47 Å². The number of carbonyl (C=O) groups excluding carboxylic acids is 1. The van der Waals surface area contributed by atoms with Crippen LogP contribution in [0.1, 0.15) is 25.0 Å². The van der Waals surface area contributed by atoms with Crippen LogP contribution >= 0.6 is 0 Å². The van der Waals surface area contributed by atoms with E-state index < -0.39 is 5.41 Å². The van der Waals surface area contributed by atoms with Crippen molar-refractivity contribution in [1.82, 2.24) is 4.98 Å². The summed E-state index contributed by atoms with van der Waals surface area (Å²) in [5.74, 6) is -0.109. The Morgan fingerprint density at radius 1 is 1.39 bits per heavy atom. The van der Waals surface area contributed by atoms with Crippen LogP contribution < -0.4 is 0 Å². The second-order valence-electron chi connectivity index (χ2n) is 5.22. The fourth-order valence-corrected chi connectivity index (χ4v) is 3.23. The molecule has 0 aromatic carbocycles. The van der Waals surface area contributed by atoms with E-state index in [1.807, 2.05) is 18.2 Å². The molecule has 2 heterocycles. The van der Waals surface area contributed by atoms with Crippen LogP contribution in [0.15, 0.2) is 24.4 Å². The van der Waals surface area contributed by atoms with Gasteiger partial charge in [-0.2, -0.15) is 0 Å². The van der Waals surface area contributed by atoms with Gasteiger partial charge in [0.1, 0.15) is 0 Å². The highest BCUT2D eigenvalue weighted by atomic mass is 16.5. The first-order valence-corrected chi connectivity index (χ1v) is 6.33. The Hall–Kier alpha value is -1.42. The molecule has 0 N–H and O–H groups in total. The second kappa shape index (κ2) is 4.05. The third-order valence-electron chi connectivity index (χ3n) is 4.55. The molecule has 0 atom stereocenters. The van der Waals surface area contributed by atoms with Crippen LogP contribution in [-0.2, 0) is 19.7 Å². The highest BCUT2D eigenvalue weighted by Crippen LogP contribution is 2.58. The third-order valence-corrected chi connectivity index (χ3v) is 4.55. The molecular weight excluding hydrogens is 230 g/mol. The molecule has 0 unspecified atom stereocenters. The fourth-order valence-electron chi connectivity index (χ4n) is 3.23. The molecule has 0 bridgehead atoms. The number of ether oxygens (including phenoxy) is 2. The molecule has 1 aliphatic heterocycles. The van der Waals surface area contributed by atoms with Gasteiger partial charge in [-0.3, -0.25) is 9.78 Å².